The molecule has 0 radical (unpaired) electrons. The molecule has 0 unspecified atom stereocenters. The maximum atomic E-state index is 12.3. The quantitative estimate of drug-likeness (QED) is 0.915. The second-order valence-electron chi connectivity index (χ2n) is 4.14. The van der Waals surface area contributed by atoms with Gasteiger partial charge < -0.3 is 15.0 Å². The zero-order valence-corrected chi connectivity index (χ0v) is 10.4. The van der Waals surface area contributed by atoms with Gasteiger partial charge in [-0.15, -0.1) is 13.2 Å². The number of likely N-dealkylation sites (N-methyl/N-ethyl adjacent to an activating group) is 1. The third-order valence-corrected chi connectivity index (χ3v) is 2.69. The van der Waals surface area contributed by atoms with Crippen molar-refractivity contribution in [2.75, 3.05) is 20.1 Å². The third-order valence-electron chi connectivity index (χ3n) is 2.69. The molecule has 1 heterocycles. The summed E-state index contributed by atoms with van der Waals surface area (Å²) in [6.45, 7) is 1.73. The molecule has 0 bridgehead atoms. The van der Waals surface area contributed by atoms with Crippen LogP contribution in [0.25, 0.3) is 0 Å². The summed E-state index contributed by atoms with van der Waals surface area (Å²) >= 11 is 0. The Kier molecular flexibility index (Phi) is 3.82. The van der Waals surface area contributed by atoms with Gasteiger partial charge in [0, 0.05) is 25.7 Å². The maximum absolute atomic E-state index is 12.3. The van der Waals surface area contributed by atoms with Gasteiger partial charge in [0.1, 0.15) is 5.75 Å². The van der Waals surface area contributed by atoms with Crippen LogP contribution in [0.3, 0.4) is 0 Å². The highest BCUT2D eigenvalue weighted by molar-refractivity contribution is 5.81. The minimum Gasteiger partial charge on any atom is -0.405 e. The molecule has 0 aromatic heterocycles. The molecule has 0 atom stereocenters. The minimum atomic E-state index is -4.68. The van der Waals surface area contributed by atoms with Crippen LogP contribution in [0.15, 0.2) is 29.3 Å². The molecule has 0 amide bonds. The lowest BCUT2D eigenvalue weighted by Crippen LogP contribution is -2.35. The van der Waals surface area contributed by atoms with Crippen molar-refractivity contribution < 1.29 is 17.9 Å². The van der Waals surface area contributed by atoms with Crippen molar-refractivity contribution in [2.24, 2.45) is 4.99 Å². The summed E-state index contributed by atoms with van der Waals surface area (Å²) < 4.78 is 40.7. The highest BCUT2D eigenvalue weighted by atomic mass is 19.4. The van der Waals surface area contributed by atoms with Gasteiger partial charge in [-0.3, -0.25) is 4.99 Å². The van der Waals surface area contributed by atoms with Crippen LogP contribution in [0.5, 0.6) is 5.75 Å². The number of benzene rings is 1. The summed E-state index contributed by atoms with van der Waals surface area (Å²) in [5.41, 5.74) is 0.433. The van der Waals surface area contributed by atoms with Gasteiger partial charge in [-0.2, -0.15) is 0 Å². The Hall–Kier alpha value is -1.92. The Morgan fingerprint density at radius 1 is 1.37 bits per heavy atom. The van der Waals surface area contributed by atoms with E-state index in [4.69, 9.17) is 0 Å². The van der Waals surface area contributed by atoms with Crippen LogP contribution in [-0.2, 0) is 6.54 Å². The maximum Gasteiger partial charge on any atom is 0.573 e. The number of guanidine groups is 1. The molecule has 0 saturated carbocycles. The fourth-order valence-electron chi connectivity index (χ4n) is 1.77. The zero-order chi connectivity index (χ0) is 13.9. The van der Waals surface area contributed by atoms with E-state index in [0.29, 0.717) is 18.1 Å². The lowest BCUT2D eigenvalue weighted by Gasteiger charge is -2.17. The van der Waals surface area contributed by atoms with Gasteiger partial charge in [-0.25, -0.2) is 0 Å². The number of alkyl halides is 3. The molecular formula is C12H14F3N3O. The van der Waals surface area contributed by atoms with E-state index >= 15 is 0 Å². The first-order valence-corrected chi connectivity index (χ1v) is 5.79. The molecule has 1 N–H and O–H groups in total. The summed E-state index contributed by atoms with van der Waals surface area (Å²) in [7, 11) is 1.87. The van der Waals surface area contributed by atoms with E-state index in [1.54, 1.807) is 12.1 Å². The molecule has 1 aromatic rings. The largest absolute Gasteiger partial charge is 0.573 e. The van der Waals surface area contributed by atoms with E-state index in [9.17, 15) is 13.2 Å². The summed E-state index contributed by atoms with van der Waals surface area (Å²) in [4.78, 5) is 6.11. The molecule has 1 aliphatic rings. The molecule has 1 aromatic carbocycles. The van der Waals surface area contributed by atoms with Crippen molar-refractivity contribution in [1.29, 1.82) is 0 Å². The van der Waals surface area contributed by atoms with Crippen LogP contribution in [-0.4, -0.2) is 37.4 Å². The predicted octanol–water partition coefficient (Wildman–Crippen LogP) is 1.98. The Labute approximate surface area is 108 Å². The third kappa shape index (κ3) is 3.77. The zero-order valence-electron chi connectivity index (χ0n) is 10.4. The van der Waals surface area contributed by atoms with E-state index < -0.39 is 6.36 Å². The predicted molar refractivity (Wildman–Crippen MR) is 64.9 cm³/mol. The van der Waals surface area contributed by atoms with Crippen LogP contribution >= 0.6 is 0 Å². The summed E-state index contributed by atoms with van der Waals surface area (Å²) in [5.74, 6) is 0.491. The standard InChI is InChI=1S/C12H14F3N3O/c1-18-7-6-16-11(18)17-8-9-4-2-3-5-10(9)19-12(13,14)15/h2-5H,6-8H2,1H3,(H,16,17). The average Bonchev–Trinajstić information content (AvgIpc) is 2.72. The molecular weight excluding hydrogens is 259 g/mol. The van der Waals surface area contributed by atoms with E-state index in [-0.39, 0.29) is 12.3 Å². The molecule has 0 aliphatic carbocycles. The van der Waals surface area contributed by atoms with Crippen LogP contribution in [0.2, 0.25) is 0 Å². The molecule has 7 heteroatoms. The van der Waals surface area contributed by atoms with Crippen molar-refractivity contribution in [1.82, 2.24) is 10.2 Å². The molecule has 0 fully saturated rings. The SMILES string of the molecule is CN1CCN=C1NCc1ccccc1OC(F)(F)F. The van der Waals surface area contributed by atoms with Crippen LogP contribution in [0.4, 0.5) is 13.2 Å². The van der Waals surface area contributed by atoms with E-state index in [1.807, 2.05) is 11.9 Å². The Morgan fingerprint density at radius 3 is 2.74 bits per heavy atom. The van der Waals surface area contributed by atoms with Gasteiger partial charge >= 0.3 is 6.36 Å². The Balaban J connectivity index is 2.04. The van der Waals surface area contributed by atoms with Crippen molar-refractivity contribution in [3.05, 3.63) is 29.8 Å². The van der Waals surface area contributed by atoms with E-state index in [0.717, 1.165) is 6.54 Å². The molecule has 4 nitrogen and oxygen atoms in total. The molecule has 1 aliphatic heterocycles. The second-order valence-corrected chi connectivity index (χ2v) is 4.14. The average molecular weight is 273 g/mol. The molecule has 19 heavy (non-hydrogen) atoms. The number of hydrogen-bond acceptors (Lipinski definition) is 4. The van der Waals surface area contributed by atoms with Crippen molar-refractivity contribution >= 4 is 5.96 Å². The molecule has 104 valence electrons. The van der Waals surface area contributed by atoms with Gasteiger partial charge in [0.2, 0.25) is 0 Å². The smallest absolute Gasteiger partial charge is 0.405 e. The van der Waals surface area contributed by atoms with Crippen LogP contribution < -0.4 is 10.1 Å². The van der Waals surface area contributed by atoms with Crippen molar-refractivity contribution in [3.8, 4) is 5.75 Å². The molecule has 0 spiro atoms. The number of hydrogen-bond donors (Lipinski definition) is 1. The molecule has 2 rings (SSSR count). The highest BCUT2D eigenvalue weighted by Crippen LogP contribution is 2.26. The minimum absolute atomic E-state index is 0.191. The van der Waals surface area contributed by atoms with Gasteiger partial charge in [-0.05, 0) is 6.07 Å². The lowest BCUT2D eigenvalue weighted by molar-refractivity contribution is -0.274. The fourth-order valence-corrected chi connectivity index (χ4v) is 1.77. The second kappa shape index (κ2) is 5.38. The number of nitrogens with zero attached hydrogens (tertiary/aromatic N) is 2. The van der Waals surface area contributed by atoms with Crippen molar-refractivity contribution in [3.63, 3.8) is 0 Å². The summed E-state index contributed by atoms with van der Waals surface area (Å²) in [6, 6.07) is 6.05. The Bertz CT molecular complexity index is 474. The first-order chi connectivity index (χ1) is 8.96. The normalized spacial score (nSPS) is 15.4. The van der Waals surface area contributed by atoms with Gasteiger partial charge in [0.05, 0.1) is 6.54 Å². The van der Waals surface area contributed by atoms with E-state index in [2.05, 4.69) is 15.0 Å². The number of para-hydroxylation sites is 1. The number of halogens is 3. The lowest BCUT2D eigenvalue weighted by atomic mass is 10.2. The number of aliphatic imine (C=N–C) groups is 1. The van der Waals surface area contributed by atoms with Gasteiger partial charge in [0.15, 0.2) is 5.96 Å². The summed E-state index contributed by atoms with van der Waals surface area (Å²) in [5, 5.41) is 3.00. The first-order valence-electron chi connectivity index (χ1n) is 5.79. The van der Waals surface area contributed by atoms with Gasteiger partial charge in [-0.1, -0.05) is 18.2 Å². The van der Waals surface area contributed by atoms with Crippen LogP contribution in [0.1, 0.15) is 5.56 Å². The van der Waals surface area contributed by atoms with Crippen LogP contribution in [0, 0.1) is 0 Å². The topological polar surface area (TPSA) is 36.9 Å². The molecule has 0 saturated heterocycles. The highest BCUT2D eigenvalue weighted by Gasteiger charge is 2.32. The van der Waals surface area contributed by atoms with E-state index in [1.165, 1.54) is 12.1 Å². The number of rotatable bonds is 3. The Morgan fingerprint density at radius 2 is 2.11 bits per heavy atom. The first kappa shape index (κ1) is 13.5. The monoisotopic (exact) mass is 273 g/mol. The van der Waals surface area contributed by atoms with Gasteiger partial charge in [0.25, 0.3) is 0 Å². The summed E-state index contributed by atoms with van der Waals surface area (Å²) in [6.07, 6.45) is -4.68. The fraction of sp³-hybridized carbons (Fsp3) is 0.417. The number of nitrogens with one attached hydrogen (secondary N) is 1. The van der Waals surface area contributed by atoms with Crippen molar-refractivity contribution in [2.45, 2.75) is 12.9 Å². The number of ether oxygens (including phenoxy) is 1.